The van der Waals surface area contributed by atoms with Crippen LogP contribution in [0.4, 0.5) is 0 Å². The minimum atomic E-state index is -0.824. The summed E-state index contributed by atoms with van der Waals surface area (Å²) in [4.78, 5) is 0. The fraction of sp³-hybridized carbons (Fsp3) is 0.676. The van der Waals surface area contributed by atoms with Crippen molar-refractivity contribution >= 4 is 0 Å². The molecule has 10 rings (SSSR count). The maximum atomic E-state index is 6.94. The molecule has 1 atom stereocenters. The van der Waals surface area contributed by atoms with Gasteiger partial charge in [-0.2, -0.15) is 0 Å². The van der Waals surface area contributed by atoms with Crippen LogP contribution in [0.2, 0.25) is 0 Å². The topological polar surface area (TPSA) is 120 Å². The number of benzene rings is 4. The lowest BCUT2D eigenvalue weighted by atomic mass is 9.65. The molecule has 6 aliphatic rings. The van der Waals surface area contributed by atoms with E-state index in [1.54, 1.807) is 0 Å². The van der Waals surface area contributed by atoms with E-state index >= 15 is 0 Å². The molecular formula is C74H106O13. The number of rotatable bonds is 40. The Morgan fingerprint density at radius 3 is 0.747 bits per heavy atom. The summed E-state index contributed by atoms with van der Waals surface area (Å²) >= 11 is 0. The average Bonchev–Trinajstić information content (AvgIpc) is 3.60. The number of hydrogen-bond donors (Lipinski definition) is 0. The SMILES string of the molecule is CCC1(COCC(CC)(COCC2(CC)COC2)COc2ccc(C(c3ccc(OCC(CC)(COCC4(CC)COC4)COCC4(CC)COC4)cc3)(c3ccc(OCC4(CC)COC4)cc3)c3ccc(OCC4(CC)COC4)cc3)cc2)CCC1. The monoisotopic (exact) mass is 1200 g/mol. The Morgan fingerprint density at radius 1 is 0.299 bits per heavy atom. The molecular weight excluding hydrogens is 1100 g/mol. The molecule has 1 aliphatic carbocycles. The lowest BCUT2D eigenvalue weighted by molar-refractivity contribution is -0.174. The highest BCUT2D eigenvalue weighted by Crippen LogP contribution is 2.49. The Balaban J connectivity index is 0.969. The first-order valence-electron chi connectivity index (χ1n) is 33.4. The largest absolute Gasteiger partial charge is 0.493 e. The molecule has 13 heteroatoms. The maximum absolute atomic E-state index is 6.94. The van der Waals surface area contributed by atoms with Crippen molar-refractivity contribution in [3.63, 3.8) is 0 Å². The predicted molar refractivity (Wildman–Crippen MR) is 340 cm³/mol. The zero-order valence-electron chi connectivity index (χ0n) is 54.4. The van der Waals surface area contributed by atoms with Gasteiger partial charge < -0.3 is 61.6 Å². The summed E-state index contributed by atoms with van der Waals surface area (Å²) in [6.07, 6.45) is 11.7. The second-order valence-electron chi connectivity index (χ2n) is 28.1. The van der Waals surface area contributed by atoms with E-state index in [9.17, 15) is 0 Å². The molecule has 5 heterocycles. The van der Waals surface area contributed by atoms with E-state index in [1.807, 2.05) is 0 Å². The minimum absolute atomic E-state index is 0.0416. The summed E-state index contributed by atoms with van der Waals surface area (Å²) in [5.41, 5.74) is 3.38. The second kappa shape index (κ2) is 28.9. The second-order valence-corrected chi connectivity index (χ2v) is 28.1. The molecule has 0 N–H and O–H groups in total. The minimum Gasteiger partial charge on any atom is -0.493 e. The van der Waals surface area contributed by atoms with Crippen molar-refractivity contribution in [3.05, 3.63) is 119 Å². The van der Waals surface area contributed by atoms with Gasteiger partial charge in [0.15, 0.2) is 0 Å². The normalized spacial score (nSPS) is 20.9. The van der Waals surface area contributed by atoms with Gasteiger partial charge in [0.2, 0.25) is 0 Å². The zero-order valence-corrected chi connectivity index (χ0v) is 54.4. The van der Waals surface area contributed by atoms with E-state index < -0.39 is 5.41 Å². The van der Waals surface area contributed by atoms with E-state index in [1.165, 1.54) is 19.3 Å². The first-order chi connectivity index (χ1) is 42.3. The van der Waals surface area contributed by atoms with Crippen molar-refractivity contribution in [3.8, 4) is 23.0 Å². The van der Waals surface area contributed by atoms with Crippen molar-refractivity contribution in [1.29, 1.82) is 0 Å². The van der Waals surface area contributed by atoms with Crippen molar-refractivity contribution in [1.82, 2.24) is 0 Å². The molecule has 4 aromatic rings. The third-order valence-electron chi connectivity index (χ3n) is 22.1. The van der Waals surface area contributed by atoms with Crippen LogP contribution in [-0.4, -0.2) is 145 Å². The molecule has 0 radical (unpaired) electrons. The fourth-order valence-corrected chi connectivity index (χ4v) is 13.1. The van der Waals surface area contributed by atoms with Gasteiger partial charge in [-0.25, -0.2) is 0 Å². The smallest absolute Gasteiger partial charge is 0.119 e. The van der Waals surface area contributed by atoms with Crippen LogP contribution in [-0.2, 0) is 48.0 Å². The quantitative estimate of drug-likeness (QED) is 0.0393. The van der Waals surface area contributed by atoms with Gasteiger partial charge in [0.1, 0.15) is 23.0 Å². The Bertz CT molecular complexity index is 2420. The van der Waals surface area contributed by atoms with Crippen LogP contribution in [0.3, 0.4) is 0 Å². The van der Waals surface area contributed by atoms with Gasteiger partial charge in [0, 0.05) is 16.2 Å². The molecule has 1 unspecified atom stereocenters. The highest BCUT2D eigenvalue weighted by Gasteiger charge is 2.45. The summed E-state index contributed by atoms with van der Waals surface area (Å²) in [5.74, 6) is 3.23. The Hall–Kier alpha value is -4.28. The summed E-state index contributed by atoms with van der Waals surface area (Å²) in [7, 11) is 0. The number of hydrogen-bond acceptors (Lipinski definition) is 13. The van der Waals surface area contributed by atoms with Gasteiger partial charge in [-0.3, -0.25) is 0 Å². The van der Waals surface area contributed by atoms with Gasteiger partial charge in [-0.05, 0) is 140 Å². The molecule has 5 aliphatic heterocycles. The van der Waals surface area contributed by atoms with Crippen LogP contribution >= 0.6 is 0 Å². The van der Waals surface area contributed by atoms with Crippen LogP contribution in [0.5, 0.6) is 23.0 Å². The summed E-state index contributed by atoms with van der Waals surface area (Å²) in [6.45, 7) is 32.3. The van der Waals surface area contributed by atoms with Crippen LogP contribution in [0, 0.1) is 43.3 Å². The lowest BCUT2D eigenvalue weighted by Gasteiger charge is -2.43. The molecule has 0 aromatic heterocycles. The van der Waals surface area contributed by atoms with E-state index in [0.717, 1.165) is 169 Å². The van der Waals surface area contributed by atoms with Crippen LogP contribution < -0.4 is 18.9 Å². The summed E-state index contributed by atoms with van der Waals surface area (Å²) < 4.78 is 82.1. The van der Waals surface area contributed by atoms with Crippen LogP contribution in [0.1, 0.15) is 148 Å². The Morgan fingerprint density at radius 2 is 0.540 bits per heavy atom. The van der Waals surface area contributed by atoms with Crippen molar-refractivity contribution in [2.45, 2.75) is 131 Å². The summed E-state index contributed by atoms with van der Waals surface area (Å²) in [5, 5.41) is 0. The first-order valence-corrected chi connectivity index (χ1v) is 33.4. The molecule has 480 valence electrons. The van der Waals surface area contributed by atoms with Crippen molar-refractivity contribution in [2.75, 3.05) is 145 Å². The molecule has 0 spiro atoms. The third-order valence-corrected chi connectivity index (χ3v) is 22.1. The molecule has 5 saturated heterocycles. The molecule has 13 nitrogen and oxygen atoms in total. The average molecular weight is 1200 g/mol. The molecule has 0 amide bonds. The van der Waals surface area contributed by atoms with E-state index in [4.69, 9.17) is 61.6 Å². The molecule has 6 fully saturated rings. The number of ether oxygens (including phenoxy) is 13. The molecule has 4 aromatic carbocycles. The van der Waals surface area contributed by atoms with Gasteiger partial charge in [-0.15, -0.1) is 0 Å². The van der Waals surface area contributed by atoms with E-state index in [-0.39, 0.29) is 37.9 Å². The highest BCUT2D eigenvalue weighted by molar-refractivity contribution is 5.61. The standard InChI is InChI=1S/C74H106O13/c1-9-66(34-17-35-66)36-75-46-70(13-5,47-79-43-67(10-2)37-76-38-67)54-84-62-26-18-58(19-27-62)74(60-22-30-64(31-23-60)86-56-72(15-7)50-82-51-72,61-24-32-65(33-25-61)87-57-73(16-8)52-83-53-73)59-20-28-63(29-21-59)85-55-71(14-6,48-80-44-68(11-3)39-77-40-68)49-81-45-69(12-4)41-78-42-69/h18-33H,9-17,34-57H2,1-8H3. The van der Waals surface area contributed by atoms with Gasteiger partial charge in [0.25, 0.3) is 0 Å². The van der Waals surface area contributed by atoms with Crippen LogP contribution in [0.25, 0.3) is 0 Å². The molecule has 87 heavy (non-hydrogen) atoms. The molecule has 1 saturated carbocycles. The Kier molecular flexibility index (Phi) is 21.8. The Labute approximate surface area is 521 Å². The van der Waals surface area contributed by atoms with E-state index in [0.29, 0.717) is 78.1 Å². The highest BCUT2D eigenvalue weighted by atomic mass is 16.5. The molecule has 0 bridgehead atoms. The zero-order chi connectivity index (χ0) is 61.0. The van der Waals surface area contributed by atoms with E-state index in [2.05, 4.69) is 152 Å². The van der Waals surface area contributed by atoms with Crippen molar-refractivity contribution < 1.29 is 61.6 Å². The van der Waals surface area contributed by atoms with Gasteiger partial charge in [-0.1, -0.05) is 110 Å². The fourth-order valence-electron chi connectivity index (χ4n) is 13.1. The predicted octanol–water partition coefficient (Wildman–Crippen LogP) is 14.2. The lowest BCUT2D eigenvalue weighted by Crippen LogP contribution is -2.48. The van der Waals surface area contributed by atoms with Crippen molar-refractivity contribution in [2.24, 2.45) is 43.3 Å². The van der Waals surface area contributed by atoms with Gasteiger partial charge in [0.05, 0.1) is 172 Å². The van der Waals surface area contributed by atoms with Crippen LogP contribution in [0.15, 0.2) is 97.1 Å². The third kappa shape index (κ3) is 14.7. The van der Waals surface area contributed by atoms with Gasteiger partial charge >= 0.3 is 0 Å². The first kappa shape index (κ1) is 65.7. The summed E-state index contributed by atoms with van der Waals surface area (Å²) in [6, 6.07) is 35.0. The maximum Gasteiger partial charge on any atom is 0.119 e.